The van der Waals surface area contributed by atoms with Crippen LogP contribution in [0.15, 0.2) is 47.0 Å². The van der Waals surface area contributed by atoms with E-state index >= 15 is 0 Å². The first kappa shape index (κ1) is 19.8. The number of nitrogens with zero attached hydrogens (tertiary/aromatic N) is 2. The number of carbonyl (C=O) groups is 1. The molecule has 2 aliphatic rings. The Morgan fingerprint density at radius 3 is 2.68 bits per heavy atom. The van der Waals surface area contributed by atoms with Crippen LogP contribution in [-0.2, 0) is 11.3 Å². The Labute approximate surface area is 178 Å². The van der Waals surface area contributed by atoms with E-state index in [4.69, 9.17) is 4.52 Å². The molecule has 1 N–H and O–H groups in total. The average molecular weight is 423 g/mol. The number of rotatable bonds is 5. The van der Waals surface area contributed by atoms with E-state index < -0.39 is 11.6 Å². The van der Waals surface area contributed by atoms with Crippen molar-refractivity contribution in [2.24, 2.45) is 17.8 Å². The summed E-state index contributed by atoms with van der Waals surface area (Å²) in [7, 11) is 0. The first-order chi connectivity index (χ1) is 15.0. The summed E-state index contributed by atoms with van der Waals surface area (Å²) in [6.07, 6.45) is 2.99. The standard InChI is InChI=1S/C24H23F2N3O2/c1-13-3-2-4-17(7-13)22-28-24(31-29-22)21-16-6-5-15(10-16)20(21)23(30)27-12-14-8-18(25)11-19(26)9-14/h2-4,7-9,11,15-16,20-21H,5-6,10,12H2,1H3,(H,27,30)/t15-,16+,20-,21-/m0/s1. The fraction of sp³-hybridized carbons (Fsp3) is 0.375. The fourth-order valence-corrected chi connectivity index (χ4v) is 5.32. The molecule has 1 amide bonds. The van der Waals surface area contributed by atoms with Gasteiger partial charge in [0.1, 0.15) is 11.6 Å². The lowest BCUT2D eigenvalue weighted by molar-refractivity contribution is -0.127. The number of aryl methyl sites for hydroxylation is 1. The van der Waals surface area contributed by atoms with Gasteiger partial charge in [0.05, 0.1) is 11.8 Å². The SMILES string of the molecule is Cc1cccc(-c2noc([C@H]3[C@@H]4CC[C@@H](C4)[C@@H]3C(=O)NCc3cc(F)cc(F)c3)n2)c1. The molecule has 1 heterocycles. The van der Waals surface area contributed by atoms with Gasteiger partial charge in [-0.25, -0.2) is 8.78 Å². The molecule has 0 aliphatic heterocycles. The minimum absolute atomic E-state index is 0.0759. The molecule has 7 heteroatoms. The second kappa shape index (κ2) is 7.87. The van der Waals surface area contributed by atoms with Crippen LogP contribution >= 0.6 is 0 Å². The lowest BCUT2D eigenvalue weighted by Crippen LogP contribution is -2.37. The number of benzene rings is 2. The van der Waals surface area contributed by atoms with Gasteiger partial charge < -0.3 is 9.84 Å². The molecule has 2 fully saturated rings. The molecule has 0 radical (unpaired) electrons. The van der Waals surface area contributed by atoms with Gasteiger partial charge in [-0.1, -0.05) is 28.9 Å². The van der Waals surface area contributed by atoms with E-state index in [1.807, 2.05) is 31.2 Å². The van der Waals surface area contributed by atoms with E-state index in [1.165, 1.54) is 12.1 Å². The van der Waals surface area contributed by atoms with Gasteiger partial charge in [-0.15, -0.1) is 0 Å². The first-order valence-electron chi connectivity index (χ1n) is 10.6. The van der Waals surface area contributed by atoms with Crippen LogP contribution in [0.5, 0.6) is 0 Å². The summed E-state index contributed by atoms with van der Waals surface area (Å²) >= 11 is 0. The Morgan fingerprint density at radius 2 is 1.90 bits per heavy atom. The Kier molecular flexibility index (Phi) is 5.04. The van der Waals surface area contributed by atoms with Crippen molar-refractivity contribution >= 4 is 5.91 Å². The number of amides is 1. The predicted octanol–water partition coefficient (Wildman–Crippen LogP) is 4.77. The van der Waals surface area contributed by atoms with Crippen molar-refractivity contribution in [3.63, 3.8) is 0 Å². The zero-order chi connectivity index (χ0) is 21.5. The number of carbonyl (C=O) groups excluding carboxylic acids is 1. The summed E-state index contributed by atoms with van der Waals surface area (Å²) in [5.41, 5.74) is 2.38. The van der Waals surface area contributed by atoms with Gasteiger partial charge in [0.25, 0.3) is 0 Å². The largest absolute Gasteiger partial charge is 0.352 e. The van der Waals surface area contributed by atoms with E-state index in [-0.39, 0.29) is 30.2 Å². The molecule has 160 valence electrons. The molecular weight excluding hydrogens is 400 g/mol. The van der Waals surface area contributed by atoms with Crippen LogP contribution in [-0.4, -0.2) is 16.0 Å². The normalized spacial score (nSPS) is 24.5. The third-order valence-corrected chi connectivity index (χ3v) is 6.61. The molecule has 0 spiro atoms. The van der Waals surface area contributed by atoms with Crippen LogP contribution in [0.2, 0.25) is 0 Å². The predicted molar refractivity (Wildman–Crippen MR) is 110 cm³/mol. The Bertz CT molecular complexity index is 1110. The Balaban J connectivity index is 1.35. The van der Waals surface area contributed by atoms with E-state index in [0.29, 0.717) is 23.2 Å². The van der Waals surface area contributed by atoms with Crippen molar-refractivity contribution in [1.82, 2.24) is 15.5 Å². The molecule has 5 rings (SSSR count). The average Bonchev–Trinajstić information content (AvgIpc) is 3.47. The van der Waals surface area contributed by atoms with Gasteiger partial charge in [-0.05, 0) is 61.8 Å². The molecule has 4 atom stereocenters. The lowest BCUT2D eigenvalue weighted by Gasteiger charge is -2.27. The number of aromatic nitrogens is 2. The zero-order valence-electron chi connectivity index (χ0n) is 17.1. The Hall–Kier alpha value is -3.09. The highest BCUT2D eigenvalue weighted by molar-refractivity contribution is 5.80. The topological polar surface area (TPSA) is 68.0 Å². The molecule has 31 heavy (non-hydrogen) atoms. The van der Waals surface area contributed by atoms with Crippen LogP contribution in [0.4, 0.5) is 8.78 Å². The maximum Gasteiger partial charge on any atom is 0.231 e. The third kappa shape index (κ3) is 3.84. The quantitative estimate of drug-likeness (QED) is 0.642. The highest BCUT2D eigenvalue weighted by atomic mass is 19.1. The molecule has 5 nitrogen and oxygen atoms in total. The van der Waals surface area contributed by atoms with Crippen LogP contribution in [0.3, 0.4) is 0 Å². The first-order valence-corrected chi connectivity index (χ1v) is 10.6. The third-order valence-electron chi connectivity index (χ3n) is 6.61. The van der Waals surface area contributed by atoms with Crippen molar-refractivity contribution in [2.75, 3.05) is 0 Å². The number of fused-ring (bicyclic) bond motifs is 2. The van der Waals surface area contributed by atoms with E-state index in [0.717, 1.165) is 36.5 Å². The summed E-state index contributed by atoms with van der Waals surface area (Å²) in [6, 6.07) is 11.2. The van der Waals surface area contributed by atoms with Gasteiger partial charge >= 0.3 is 0 Å². The molecule has 3 aromatic rings. The van der Waals surface area contributed by atoms with E-state index in [1.54, 1.807) is 0 Å². The summed E-state index contributed by atoms with van der Waals surface area (Å²) in [5.74, 6) is -0.231. The smallest absolute Gasteiger partial charge is 0.231 e. The minimum Gasteiger partial charge on any atom is -0.352 e. The van der Waals surface area contributed by atoms with Crippen LogP contribution in [0.25, 0.3) is 11.4 Å². The number of nitrogens with one attached hydrogen (secondary N) is 1. The molecule has 2 aliphatic carbocycles. The van der Waals surface area contributed by atoms with E-state index in [2.05, 4.69) is 15.5 Å². The summed E-state index contributed by atoms with van der Waals surface area (Å²) in [5, 5.41) is 7.03. The van der Waals surface area contributed by atoms with Crippen molar-refractivity contribution < 1.29 is 18.1 Å². The zero-order valence-corrected chi connectivity index (χ0v) is 17.1. The van der Waals surface area contributed by atoms with Crippen molar-refractivity contribution in [1.29, 1.82) is 0 Å². The van der Waals surface area contributed by atoms with Crippen molar-refractivity contribution in [3.05, 3.63) is 71.1 Å². The van der Waals surface area contributed by atoms with Gasteiger partial charge in [0, 0.05) is 18.2 Å². The van der Waals surface area contributed by atoms with Crippen LogP contribution in [0, 0.1) is 36.3 Å². The van der Waals surface area contributed by atoms with Gasteiger partial charge in [0.2, 0.25) is 17.6 Å². The molecule has 1 aromatic heterocycles. The van der Waals surface area contributed by atoms with Crippen molar-refractivity contribution in [2.45, 2.75) is 38.6 Å². The molecule has 2 aromatic carbocycles. The van der Waals surface area contributed by atoms with E-state index in [9.17, 15) is 13.6 Å². The molecule has 0 saturated heterocycles. The summed E-state index contributed by atoms with van der Waals surface area (Å²) in [4.78, 5) is 17.7. The highest BCUT2D eigenvalue weighted by Gasteiger charge is 2.53. The molecule has 2 saturated carbocycles. The number of hydrogen-bond acceptors (Lipinski definition) is 4. The highest BCUT2D eigenvalue weighted by Crippen LogP contribution is 2.56. The van der Waals surface area contributed by atoms with Gasteiger partial charge in [0.15, 0.2) is 0 Å². The summed E-state index contributed by atoms with van der Waals surface area (Å²) < 4.78 is 32.5. The second-order valence-electron chi connectivity index (χ2n) is 8.71. The number of halogens is 2. The minimum atomic E-state index is -0.656. The monoisotopic (exact) mass is 423 g/mol. The molecule has 2 bridgehead atoms. The van der Waals surface area contributed by atoms with Gasteiger partial charge in [-0.3, -0.25) is 4.79 Å². The van der Waals surface area contributed by atoms with Gasteiger partial charge in [-0.2, -0.15) is 4.98 Å². The molecule has 0 unspecified atom stereocenters. The van der Waals surface area contributed by atoms with Crippen LogP contribution < -0.4 is 5.32 Å². The number of hydrogen-bond donors (Lipinski definition) is 1. The maximum absolute atomic E-state index is 13.4. The van der Waals surface area contributed by atoms with Crippen molar-refractivity contribution in [3.8, 4) is 11.4 Å². The lowest BCUT2D eigenvalue weighted by atomic mass is 9.78. The summed E-state index contributed by atoms with van der Waals surface area (Å²) in [6.45, 7) is 2.08. The molecular formula is C24H23F2N3O2. The van der Waals surface area contributed by atoms with Crippen LogP contribution in [0.1, 0.15) is 42.2 Å². The Morgan fingerprint density at radius 1 is 1.13 bits per heavy atom. The maximum atomic E-state index is 13.4. The fourth-order valence-electron chi connectivity index (χ4n) is 5.32. The second-order valence-corrected chi connectivity index (χ2v) is 8.71.